The molecule has 0 bridgehead atoms. The smallest absolute Gasteiger partial charge is 0.223 e. The fourth-order valence-corrected chi connectivity index (χ4v) is 1.75. The Morgan fingerprint density at radius 2 is 1.86 bits per heavy atom. The number of benzene rings is 2. The summed E-state index contributed by atoms with van der Waals surface area (Å²) in [4.78, 5) is 11.6. The first-order valence-electron chi connectivity index (χ1n) is 6.63. The maximum absolute atomic E-state index is 13.4. The number of carbonyl (C=O) groups is 1. The third kappa shape index (κ3) is 4.80. The lowest BCUT2D eigenvalue weighted by atomic mass is 10.2. The standard InChI is InChI=1S/C16H17FN2O2/c17-15-4-2-1-3-12(15)11-19-16(20)9-10-21-14-7-5-13(18)6-8-14/h1-8H,9-11,18H2,(H,19,20). The number of ether oxygens (including phenoxy) is 1. The summed E-state index contributed by atoms with van der Waals surface area (Å²) in [5.74, 6) is 0.149. The number of amides is 1. The van der Waals surface area contributed by atoms with Gasteiger partial charge in [-0.3, -0.25) is 4.79 Å². The van der Waals surface area contributed by atoms with Crippen LogP contribution in [0.3, 0.4) is 0 Å². The van der Waals surface area contributed by atoms with Gasteiger partial charge >= 0.3 is 0 Å². The Balaban J connectivity index is 1.70. The van der Waals surface area contributed by atoms with Gasteiger partial charge in [0.1, 0.15) is 11.6 Å². The molecule has 21 heavy (non-hydrogen) atoms. The molecule has 5 heteroatoms. The predicted octanol–water partition coefficient (Wildman–Crippen LogP) is 2.49. The second-order valence-corrected chi connectivity index (χ2v) is 4.54. The number of rotatable bonds is 6. The molecule has 2 rings (SSSR count). The Labute approximate surface area is 122 Å². The zero-order valence-electron chi connectivity index (χ0n) is 11.5. The lowest BCUT2D eigenvalue weighted by Crippen LogP contribution is -2.24. The van der Waals surface area contributed by atoms with Gasteiger partial charge in [0.2, 0.25) is 5.91 Å². The molecule has 2 aromatic rings. The van der Waals surface area contributed by atoms with Crippen molar-refractivity contribution in [2.75, 3.05) is 12.3 Å². The number of carbonyl (C=O) groups excluding carboxylic acids is 1. The fourth-order valence-electron chi connectivity index (χ4n) is 1.75. The lowest BCUT2D eigenvalue weighted by molar-refractivity contribution is -0.121. The maximum Gasteiger partial charge on any atom is 0.223 e. The number of halogens is 1. The molecule has 0 aliphatic heterocycles. The molecule has 0 aliphatic rings. The van der Waals surface area contributed by atoms with Gasteiger partial charge in [-0.2, -0.15) is 0 Å². The van der Waals surface area contributed by atoms with E-state index in [0.29, 0.717) is 17.0 Å². The Morgan fingerprint density at radius 1 is 1.14 bits per heavy atom. The highest BCUT2D eigenvalue weighted by Crippen LogP contribution is 2.13. The topological polar surface area (TPSA) is 64.3 Å². The van der Waals surface area contributed by atoms with Gasteiger partial charge in [0, 0.05) is 17.8 Å². The molecule has 4 nitrogen and oxygen atoms in total. The van der Waals surface area contributed by atoms with Crippen molar-refractivity contribution >= 4 is 11.6 Å². The molecule has 1 amide bonds. The molecule has 2 aromatic carbocycles. The van der Waals surface area contributed by atoms with E-state index in [0.717, 1.165) is 0 Å². The van der Waals surface area contributed by atoms with Crippen LogP contribution in [0.25, 0.3) is 0 Å². The van der Waals surface area contributed by atoms with Gasteiger partial charge in [-0.15, -0.1) is 0 Å². The quantitative estimate of drug-likeness (QED) is 0.803. The van der Waals surface area contributed by atoms with Crippen LogP contribution < -0.4 is 15.8 Å². The predicted molar refractivity (Wildman–Crippen MR) is 79.2 cm³/mol. The van der Waals surface area contributed by atoms with Gasteiger partial charge in [-0.25, -0.2) is 4.39 Å². The fraction of sp³-hybridized carbons (Fsp3) is 0.188. The monoisotopic (exact) mass is 288 g/mol. The van der Waals surface area contributed by atoms with E-state index in [1.54, 1.807) is 42.5 Å². The van der Waals surface area contributed by atoms with Crippen molar-refractivity contribution in [1.82, 2.24) is 5.32 Å². The number of hydrogen-bond acceptors (Lipinski definition) is 3. The number of hydrogen-bond donors (Lipinski definition) is 2. The minimum absolute atomic E-state index is 0.174. The van der Waals surface area contributed by atoms with Gasteiger partial charge in [0.25, 0.3) is 0 Å². The number of nitrogen functional groups attached to an aromatic ring is 1. The molecule has 0 atom stereocenters. The highest BCUT2D eigenvalue weighted by Gasteiger charge is 2.05. The summed E-state index contributed by atoms with van der Waals surface area (Å²) in [6.07, 6.45) is 0.207. The van der Waals surface area contributed by atoms with Crippen LogP contribution in [0, 0.1) is 5.82 Å². The van der Waals surface area contributed by atoms with Gasteiger partial charge < -0.3 is 15.8 Å². The molecule has 0 unspecified atom stereocenters. The van der Waals surface area contributed by atoms with Crippen LogP contribution >= 0.6 is 0 Å². The lowest BCUT2D eigenvalue weighted by Gasteiger charge is -2.08. The summed E-state index contributed by atoms with van der Waals surface area (Å²) in [5.41, 5.74) is 6.68. The van der Waals surface area contributed by atoms with Crippen molar-refractivity contribution in [3.8, 4) is 5.75 Å². The van der Waals surface area contributed by atoms with Gasteiger partial charge in [-0.1, -0.05) is 18.2 Å². The molecule has 0 saturated carbocycles. The van der Waals surface area contributed by atoms with E-state index in [9.17, 15) is 9.18 Å². The summed E-state index contributed by atoms with van der Waals surface area (Å²) in [6.45, 7) is 0.431. The zero-order chi connectivity index (χ0) is 15.1. The average molecular weight is 288 g/mol. The largest absolute Gasteiger partial charge is 0.493 e. The van der Waals surface area contributed by atoms with Gasteiger partial charge in [-0.05, 0) is 30.3 Å². The number of anilines is 1. The summed E-state index contributed by atoms with van der Waals surface area (Å²) in [6, 6.07) is 13.3. The third-order valence-electron chi connectivity index (χ3n) is 2.91. The zero-order valence-corrected chi connectivity index (χ0v) is 11.5. The van der Waals surface area contributed by atoms with Crippen molar-refractivity contribution in [1.29, 1.82) is 0 Å². The van der Waals surface area contributed by atoms with E-state index in [1.165, 1.54) is 6.07 Å². The van der Waals surface area contributed by atoms with Crippen molar-refractivity contribution in [2.24, 2.45) is 0 Å². The van der Waals surface area contributed by atoms with E-state index in [2.05, 4.69) is 5.32 Å². The van der Waals surface area contributed by atoms with E-state index in [-0.39, 0.29) is 31.3 Å². The van der Waals surface area contributed by atoms with Crippen molar-refractivity contribution < 1.29 is 13.9 Å². The van der Waals surface area contributed by atoms with Crippen molar-refractivity contribution in [3.63, 3.8) is 0 Å². The molecule has 0 spiro atoms. The molecule has 0 saturated heterocycles. The second kappa shape index (κ2) is 7.28. The normalized spacial score (nSPS) is 10.1. The van der Waals surface area contributed by atoms with E-state index >= 15 is 0 Å². The van der Waals surface area contributed by atoms with E-state index < -0.39 is 0 Å². The van der Waals surface area contributed by atoms with Crippen molar-refractivity contribution in [3.05, 3.63) is 59.9 Å². The van der Waals surface area contributed by atoms with Crippen LogP contribution in [0.4, 0.5) is 10.1 Å². The maximum atomic E-state index is 13.4. The van der Waals surface area contributed by atoms with E-state index in [4.69, 9.17) is 10.5 Å². The molecular weight excluding hydrogens is 271 g/mol. The van der Waals surface area contributed by atoms with Crippen LogP contribution in [0.2, 0.25) is 0 Å². The summed E-state index contributed by atoms with van der Waals surface area (Å²) in [5, 5.41) is 2.66. The first kappa shape index (κ1) is 14.8. The van der Waals surface area contributed by atoms with Crippen LogP contribution in [0.1, 0.15) is 12.0 Å². The average Bonchev–Trinajstić information content (AvgIpc) is 2.48. The molecule has 3 N–H and O–H groups in total. The number of nitrogens with two attached hydrogens (primary N) is 1. The highest BCUT2D eigenvalue weighted by molar-refractivity contribution is 5.76. The van der Waals surface area contributed by atoms with E-state index in [1.807, 2.05) is 0 Å². The van der Waals surface area contributed by atoms with Crippen LogP contribution in [0.5, 0.6) is 5.75 Å². The molecular formula is C16H17FN2O2. The first-order valence-corrected chi connectivity index (χ1v) is 6.63. The van der Waals surface area contributed by atoms with Crippen LogP contribution in [-0.4, -0.2) is 12.5 Å². The molecule has 0 aromatic heterocycles. The Morgan fingerprint density at radius 3 is 2.57 bits per heavy atom. The third-order valence-corrected chi connectivity index (χ3v) is 2.91. The van der Waals surface area contributed by atoms with Gasteiger partial charge in [0.15, 0.2) is 0 Å². The first-order chi connectivity index (χ1) is 10.1. The highest BCUT2D eigenvalue weighted by atomic mass is 19.1. The SMILES string of the molecule is Nc1ccc(OCCC(=O)NCc2ccccc2F)cc1. The Kier molecular flexibility index (Phi) is 5.15. The minimum Gasteiger partial charge on any atom is -0.493 e. The Bertz CT molecular complexity index is 599. The van der Waals surface area contributed by atoms with Crippen LogP contribution in [-0.2, 0) is 11.3 Å². The molecule has 0 radical (unpaired) electrons. The Hall–Kier alpha value is -2.56. The molecule has 0 fully saturated rings. The number of nitrogens with one attached hydrogen (secondary N) is 1. The molecule has 0 aliphatic carbocycles. The summed E-state index contributed by atoms with van der Waals surface area (Å²) >= 11 is 0. The second-order valence-electron chi connectivity index (χ2n) is 4.54. The van der Waals surface area contributed by atoms with Gasteiger partial charge in [0.05, 0.1) is 13.0 Å². The summed E-state index contributed by atoms with van der Waals surface area (Å²) in [7, 11) is 0. The molecule has 0 heterocycles. The summed E-state index contributed by atoms with van der Waals surface area (Å²) < 4.78 is 18.8. The minimum atomic E-state index is -0.323. The molecule has 110 valence electrons. The van der Waals surface area contributed by atoms with Crippen LogP contribution in [0.15, 0.2) is 48.5 Å². The van der Waals surface area contributed by atoms with Crippen molar-refractivity contribution in [2.45, 2.75) is 13.0 Å².